The zero-order chi connectivity index (χ0) is 16.9. The lowest BCUT2D eigenvalue weighted by Gasteiger charge is -2.21. The van der Waals surface area contributed by atoms with Crippen LogP contribution in [0.2, 0.25) is 5.02 Å². The Morgan fingerprint density at radius 1 is 1.17 bits per heavy atom. The van der Waals surface area contributed by atoms with Gasteiger partial charge in [0.25, 0.3) is 0 Å². The maximum Gasteiger partial charge on any atom is 0.133 e. The van der Waals surface area contributed by atoms with Crippen LogP contribution < -0.4 is 20.3 Å². The number of hydrazine groups is 1. The van der Waals surface area contributed by atoms with Gasteiger partial charge in [-0.15, -0.1) is 0 Å². The first-order valence-electron chi connectivity index (χ1n) is 8.03. The fourth-order valence-electron chi connectivity index (χ4n) is 2.65. The van der Waals surface area contributed by atoms with E-state index in [2.05, 4.69) is 10.9 Å². The fraction of sp³-hybridized carbons (Fsp3) is 0.333. The highest BCUT2D eigenvalue weighted by Gasteiger charge is 2.32. The predicted molar refractivity (Wildman–Crippen MR) is 93.6 cm³/mol. The Hall–Kier alpha value is -1.95. The number of aromatic hydroxyl groups is 1. The monoisotopic (exact) mass is 348 g/mol. The summed E-state index contributed by atoms with van der Waals surface area (Å²) < 4.78 is 11.6. The summed E-state index contributed by atoms with van der Waals surface area (Å²) in [6.45, 7) is 3.30. The predicted octanol–water partition coefficient (Wildman–Crippen LogP) is 3.43. The average Bonchev–Trinajstić information content (AvgIpc) is 3.03. The minimum absolute atomic E-state index is 0.153. The Labute approximate surface area is 146 Å². The highest BCUT2D eigenvalue weighted by molar-refractivity contribution is 6.30. The molecular formula is C18H21ClN2O3. The molecule has 1 heterocycles. The summed E-state index contributed by atoms with van der Waals surface area (Å²) >= 11 is 5.90. The molecular weight excluding hydrogens is 328 g/mol. The van der Waals surface area contributed by atoms with E-state index in [-0.39, 0.29) is 17.9 Å². The molecule has 1 fully saturated rings. The smallest absolute Gasteiger partial charge is 0.133 e. The van der Waals surface area contributed by atoms with Crippen molar-refractivity contribution >= 4 is 11.6 Å². The zero-order valence-corrected chi connectivity index (χ0v) is 14.2. The number of hydrogen-bond donors (Lipinski definition) is 3. The number of halogens is 1. The molecule has 1 aliphatic heterocycles. The summed E-state index contributed by atoms with van der Waals surface area (Å²) in [6, 6.07) is 12.5. The maximum atomic E-state index is 10.4. The summed E-state index contributed by atoms with van der Waals surface area (Å²) in [7, 11) is 0. The quantitative estimate of drug-likeness (QED) is 0.746. The minimum Gasteiger partial charge on any atom is -0.507 e. The van der Waals surface area contributed by atoms with Gasteiger partial charge in [-0.1, -0.05) is 18.5 Å². The standard InChI is InChI=1S/C18H21ClN2O3/c1-2-9-23-14-7-8-15(16(22)10-14)18-17(11-20-21-18)24-13-5-3-12(19)4-6-13/h3-8,10,17-18,20-22H,2,9,11H2,1H3. The van der Waals surface area contributed by atoms with Crippen molar-refractivity contribution in [1.82, 2.24) is 10.9 Å². The third-order valence-electron chi connectivity index (χ3n) is 3.84. The Morgan fingerprint density at radius 3 is 2.62 bits per heavy atom. The Bertz CT molecular complexity index is 678. The summed E-state index contributed by atoms with van der Waals surface area (Å²) in [5.74, 6) is 1.59. The molecule has 2 atom stereocenters. The fourth-order valence-corrected chi connectivity index (χ4v) is 2.78. The van der Waals surface area contributed by atoms with Crippen molar-refractivity contribution in [2.24, 2.45) is 0 Å². The van der Waals surface area contributed by atoms with Gasteiger partial charge in [0.1, 0.15) is 23.4 Å². The van der Waals surface area contributed by atoms with Gasteiger partial charge >= 0.3 is 0 Å². The SMILES string of the molecule is CCCOc1ccc(C2NNCC2Oc2ccc(Cl)cc2)c(O)c1. The van der Waals surface area contributed by atoms with Gasteiger partial charge < -0.3 is 14.6 Å². The van der Waals surface area contributed by atoms with E-state index in [0.717, 1.165) is 17.7 Å². The summed E-state index contributed by atoms with van der Waals surface area (Å²) in [5.41, 5.74) is 7.01. The molecule has 24 heavy (non-hydrogen) atoms. The topological polar surface area (TPSA) is 62.8 Å². The summed E-state index contributed by atoms with van der Waals surface area (Å²) in [4.78, 5) is 0. The van der Waals surface area contributed by atoms with Crippen LogP contribution in [0.1, 0.15) is 24.9 Å². The molecule has 2 aromatic rings. The molecule has 0 aliphatic carbocycles. The molecule has 2 unspecified atom stereocenters. The van der Waals surface area contributed by atoms with Crippen molar-refractivity contribution in [3.05, 3.63) is 53.1 Å². The molecule has 5 nitrogen and oxygen atoms in total. The van der Waals surface area contributed by atoms with Crippen molar-refractivity contribution in [3.8, 4) is 17.2 Å². The van der Waals surface area contributed by atoms with Crippen LogP contribution in [0.4, 0.5) is 0 Å². The maximum absolute atomic E-state index is 10.4. The van der Waals surface area contributed by atoms with Crippen molar-refractivity contribution < 1.29 is 14.6 Å². The number of ether oxygens (including phenoxy) is 2. The molecule has 0 amide bonds. The number of rotatable bonds is 6. The Balaban J connectivity index is 1.74. The van der Waals surface area contributed by atoms with E-state index in [9.17, 15) is 5.11 Å². The number of nitrogens with one attached hydrogen (secondary N) is 2. The molecule has 0 saturated carbocycles. The summed E-state index contributed by atoms with van der Waals surface area (Å²) in [6.07, 6.45) is 0.771. The van der Waals surface area contributed by atoms with Gasteiger partial charge in [-0.2, -0.15) is 0 Å². The first-order valence-corrected chi connectivity index (χ1v) is 8.41. The summed E-state index contributed by atoms with van der Waals surface area (Å²) in [5, 5.41) is 11.0. The lowest BCUT2D eigenvalue weighted by Crippen LogP contribution is -2.28. The Morgan fingerprint density at radius 2 is 1.92 bits per heavy atom. The van der Waals surface area contributed by atoms with Gasteiger partial charge in [-0.25, -0.2) is 5.43 Å². The number of hydrogen-bond acceptors (Lipinski definition) is 5. The first-order chi connectivity index (χ1) is 11.7. The minimum atomic E-state index is -0.166. The second-order valence-corrected chi connectivity index (χ2v) is 6.12. The molecule has 0 spiro atoms. The second-order valence-electron chi connectivity index (χ2n) is 5.68. The highest BCUT2D eigenvalue weighted by atomic mass is 35.5. The van der Waals surface area contributed by atoms with E-state index in [1.165, 1.54) is 0 Å². The van der Waals surface area contributed by atoms with Crippen LogP contribution in [0.5, 0.6) is 17.2 Å². The van der Waals surface area contributed by atoms with Crippen LogP contribution in [0.25, 0.3) is 0 Å². The normalized spacial score (nSPS) is 20.1. The van der Waals surface area contributed by atoms with E-state index in [4.69, 9.17) is 21.1 Å². The molecule has 6 heteroatoms. The Kier molecular flexibility index (Phi) is 5.45. The molecule has 0 bridgehead atoms. The molecule has 0 radical (unpaired) electrons. The van der Waals surface area contributed by atoms with E-state index >= 15 is 0 Å². The number of phenols is 1. The van der Waals surface area contributed by atoms with Gasteiger partial charge in [0, 0.05) is 23.2 Å². The van der Waals surface area contributed by atoms with Crippen LogP contribution in [-0.4, -0.2) is 24.4 Å². The van der Waals surface area contributed by atoms with E-state index in [1.54, 1.807) is 18.2 Å². The highest BCUT2D eigenvalue weighted by Crippen LogP contribution is 2.33. The van der Waals surface area contributed by atoms with Gasteiger partial charge in [0.05, 0.1) is 12.6 Å². The van der Waals surface area contributed by atoms with Gasteiger partial charge in [-0.3, -0.25) is 5.43 Å². The lowest BCUT2D eigenvalue weighted by atomic mass is 10.0. The van der Waals surface area contributed by atoms with E-state index in [1.807, 2.05) is 31.2 Å². The number of phenolic OH excluding ortho intramolecular Hbond substituents is 1. The average molecular weight is 349 g/mol. The largest absolute Gasteiger partial charge is 0.507 e. The van der Waals surface area contributed by atoms with Crippen LogP contribution in [0, 0.1) is 0 Å². The van der Waals surface area contributed by atoms with E-state index in [0.29, 0.717) is 23.9 Å². The van der Waals surface area contributed by atoms with Crippen LogP contribution in [0.15, 0.2) is 42.5 Å². The molecule has 128 valence electrons. The lowest BCUT2D eigenvalue weighted by molar-refractivity contribution is 0.195. The molecule has 2 aromatic carbocycles. The van der Waals surface area contributed by atoms with E-state index < -0.39 is 0 Å². The third kappa shape index (κ3) is 3.93. The van der Waals surface area contributed by atoms with Gasteiger partial charge in [-0.05, 0) is 42.8 Å². The van der Waals surface area contributed by atoms with Crippen LogP contribution >= 0.6 is 11.6 Å². The number of benzene rings is 2. The molecule has 3 rings (SSSR count). The molecule has 0 aromatic heterocycles. The van der Waals surface area contributed by atoms with Crippen molar-refractivity contribution in [2.75, 3.05) is 13.2 Å². The van der Waals surface area contributed by atoms with Crippen molar-refractivity contribution in [3.63, 3.8) is 0 Å². The van der Waals surface area contributed by atoms with Crippen LogP contribution in [-0.2, 0) is 0 Å². The van der Waals surface area contributed by atoms with Crippen molar-refractivity contribution in [1.29, 1.82) is 0 Å². The van der Waals surface area contributed by atoms with Gasteiger partial charge in [0.2, 0.25) is 0 Å². The molecule has 1 aliphatic rings. The zero-order valence-electron chi connectivity index (χ0n) is 13.5. The third-order valence-corrected chi connectivity index (χ3v) is 4.10. The molecule has 3 N–H and O–H groups in total. The van der Waals surface area contributed by atoms with Crippen LogP contribution in [0.3, 0.4) is 0 Å². The van der Waals surface area contributed by atoms with Gasteiger partial charge in [0.15, 0.2) is 0 Å². The first kappa shape index (κ1) is 16.9. The molecule has 1 saturated heterocycles. The van der Waals surface area contributed by atoms with Crippen molar-refractivity contribution in [2.45, 2.75) is 25.5 Å². The second kappa shape index (κ2) is 7.75.